The summed E-state index contributed by atoms with van der Waals surface area (Å²) in [6.07, 6.45) is 0. The first-order valence-electron chi connectivity index (χ1n) is 6.89. The van der Waals surface area contributed by atoms with Crippen molar-refractivity contribution in [1.82, 2.24) is 10.2 Å². The number of aromatic nitrogens is 2. The molecule has 0 aliphatic carbocycles. The highest BCUT2D eigenvalue weighted by Gasteiger charge is 2.02. The van der Waals surface area contributed by atoms with Crippen LogP contribution in [0.2, 0.25) is 0 Å². The third-order valence-corrected chi connectivity index (χ3v) is 4.21. The van der Waals surface area contributed by atoms with Crippen LogP contribution >= 0.6 is 11.8 Å². The first-order chi connectivity index (χ1) is 10.3. The van der Waals surface area contributed by atoms with Gasteiger partial charge in [0.1, 0.15) is 5.03 Å². The van der Waals surface area contributed by atoms with Crippen LogP contribution in [0.25, 0.3) is 11.3 Å². The molecule has 0 spiro atoms. The van der Waals surface area contributed by atoms with E-state index in [1.807, 2.05) is 18.2 Å². The van der Waals surface area contributed by atoms with Crippen LogP contribution in [0.15, 0.2) is 71.8 Å². The Hall–Kier alpha value is -2.13. The molecule has 0 N–H and O–H groups in total. The van der Waals surface area contributed by atoms with Gasteiger partial charge in [-0.05, 0) is 24.6 Å². The van der Waals surface area contributed by atoms with Crippen LogP contribution in [-0.4, -0.2) is 10.2 Å². The van der Waals surface area contributed by atoms with Gasteiger partial charge in [0.25, 0.3) is 0 Å². The normalized spacial score (nSPS) is 10.5. The quantitative estimate of drug-likeness (QED) is 0.649. The zero-order valence-electron chi connectivity index (χ0n) is 11.9. The monoisotopic (exact) mass is 292 g/mol. The van der Waals surface area contributed by atoms with Crippen LogP contribution in [0.1, 0.15) is 11.1 Å². The molecular weight excluding hydrogens is 276 g/mol. The second kappa shape index (κ2) is 6.55. The second-order valence-corrected chi connectivity index (χ2v) is 5.89. The largest absolute Gasteiger partial charge is 0.149 e. The molecule has 0 atom stereocenters. The zero-order valence-corrected chi connectivity index (χ0v) is 12.7. The Bertz CT molecular complexity index is 692. The van der Waals surface area contributed by atoms with Crippen molar-refractivity contribution < 1.29 is 0 Å². The van der Waals surface area contributed by atoms with Crippen LogP contribution in [0, 0.1) is 6.92 Å². The molecule has 0 saturated carbocycles. The molecule has 3 rings (SSSR count). The second-order valence-electron chi connectivity index (χ2n) is 4.90. The van der Waals surface area contributed by atoms with Gasteiger partial charge in [0, 0.05) is 11.3 Å². The summed E-state index contributed by atoms with van der Waals surface area (Å²) in [5.74, 6) is 0.916. The van der Waals surface area contributed by atoms with Gasteiger partial charge in [-0.2, -0.15) is 0 Å². The molecule has 2 aromatic carbocycles. The molecule has 0 radical (unpaired) electrons. The van der Waals surface area contributed by atoms with E-state index in [1.54, 1.807) is 11.8 Å². The van der Waals surface area contributed by atoms with Gasteiger partial charge in [-0.15, -0.1) is 10.2 Å². The molecular formula is C18H16N2S. The summed E-state index contributed by atoms with van der Waals surface area (Å²) in [4.78, 5) is 0. The van der Waals surface area contributed by atoms with E-state index < -0.39 is 0 Å². The summed E-state index contributed by atoms with van der Waals surface area (Å²) in [5, 5.41) is 9.58. The van der Waals surface area contributed by atoms with Crippen molar-refractivity contribution in [3.05, 3.63) is 77.9 Å². The van der Waals surface area contributed by atoms with E-state index >= 15 is 0 Å². The van der Waals surface area contributed by atoms with Gasteiger partial charge in [-0.1, -0.05) is 71.9 Å². The van der Waals surface area contributed by atoms with Gasteiger partial charge < -0.3 is 0 Å². The third kappa shape index (κ3) is 3.70. The average molecular weight is 292 g/mol. The summed E-state index contributed by atoms with van der Waals surface area (Å²) in [7, 11) is 0. The summed E-state index contributed by atoms with van der Waals surface area (Å²) >= 11 is 1.71. The Kier molecular flexibility index (Phi) is 4.31. The Labute approximate surface area is 129 Å². The number of aryl methyl sites for hydroxylation is 1. The maximum Gasteiger partial charge on any atom is 0.119 e. The Morgan fingerprint density at radius 3 is 2.24 bits per heavy atom. The van der Waals surface area contributed by atoms with E-state index in [4.69, 9.17) is 0 Å². The highest BCUT2D eigenvalue weighted by molar-refractivity contribution is 7.98. The van der Waals surface area contributed by atoms with Gasteiger partial charge in [-0.25, -0.2) is 0 Å². The van der Waals surface area contributed by atoms with Gasteiger partial charge in [0.15, 0.2) is 0 Å². The Morgan fingerprint density at radius 2 is 1.57 bits per heavy atom. The van der Waals surface area contributed by atoms with Crippen LogP contribution in [0.5, 0.6) is 0 Å². The molecule has 1 aromatic heterocycles. The molecule has 0 aliphatic heterocycles. The lowest BCUT2D eigenvalue weighted by Gasteiger charge is -2.03. The molecule has 0 bridgehead atoms. The molecule has 104 valence electrons. The molecule has 0 aliphatic rings. The smallest absolute Gasteiger partial charge is 0.119 e. The first-order valence-corrected chi connectivity index (χ1v) is 7.87. The van der Waals surface area contributed by atoms with E-state index in [-0.39, 0.29) is 0 Å². The van der Waals surface area contributed by atoms with Crippen LogP contribution in [-0.2, 0) is 5.75 Å². The minimum Gasteiger partial charge on any atom is -0.149 e. The average Bonchev–Trinajstić information content (AvgIpc) is 2.55. The number of rotatable bonds is 4. The Morgan fingerprint density at radius 1 is 0.810 bits per heavy atom. The third-order valence-electron chi connectivity index (χ3n) is 3.22. The van der Waals surface area contributed by atoms with Crippen molar-refractivity contribution in [3.8, 4) is 11.3 Å². The lowest BCUT2D eigenvalue weighted by atomic mass is 10.1. The van der Waals surface area contributed by atoms with Crippen LogP contribution < -0.4 is 0 Å². The van der Waals surface area contributed by atoms with Crippen molar-refractivity contribution in [2.45, 2.75) is 17.7 Å². The number of hydrogen-bond acceptors (Lipinski definition) is 3. The SMILES string of the molecule is Cc1ccc(-c2ccc(SCc3ccccc3)nn2)cc1. The Balaban J connectivity index is 1.68. The fourth-order valence-corrected chi connectivity index (χ4v) is 2.78. The molecule has 21 heavy (non-hydrogen) atoms. The molecule has 3 aromatic rings. The van der Waals surface area contributed by atoms with E-state index in [0.29, 0.717) is 0 Å². The van der Waals surface area contributed by atoms with Crippen molar-refractivity contribution in [3.63, 3.8) is 0 Å². The predicted molar refractivity (Wildman–Crippen MR) is 88.2 cm³/mol. The highest BCUT2D eigenvalue weighted by atomic mass is 32.2. The number of thioether (sulfide) groups is 1. The van der Waals surface area contributed by atoms with E-state index in [0.717, 1.165) is 22.0 Å². The molecule has 3 heteroatoms. The van der Waals surface area contributed by atoms with Crippen LogP contribution in [0.4, 0.5) is 0 Å². The molecule has 0 saturated heterocycles. The number of nitrogens with zero attached hydrogens (tertiary/aromatic N) is 2. The maximum absolute atomic E-state index is 4.32. The highest BCUT2D eigenvalue weighted by Crippen LogP contribution is 2.22. The lowest BCUT2D eigenvalue weighted by Crippen LogP contribution is -1.90. The van der Waals surface area contributed by atoms with Crippen molar-refractivity contribution in [2.75, 3.05) is 0 Å². The molecule has 0 fully saturated rings. The van der Waals surface area contributed by atoms with Crippen LogP contribution in [0.3, 0.4) is 0 Å². The lowest BCUT2D eigenvalue weighted by molar-refractivity contribution is 0.935. The van der Waals surface area contributed by atoms with Crippen molar-refractivity contribution in [1.29, 1.82) is 0 Å². The molecule has 1 heterocycles. The van der Waals surface area contributed by atoms with Crippen molar-refractivity contribution in [2.24, 2.45) is 0 Å². The number of hydrogen-bond donors (Lipinski definition) is 0. The maximum atomic E-state index is 4.32. The molecule has 0 amide bonds. The predicted octanol–water partition coefficient (Wildman–Crippen LogP) is 4.74. The van der Waals surface area contributed by atoms with E-state index in [9.17, 15) is 0 Å². The van der Waals surface area contributed by atoms with E-state index in [2.05, 4.69) is 65.7 Å². The summed E-state index contributed by atoms with van der Waals surface area (Å²) < 4.78 is 0. The fourth-order valence-electron chi connectivity index (χ4n) is 2.01. The van der Waals surface area contributed by atoms with Crippen molar-refractivity contribution >= 4 is 11.8 Å². The van der Waals surface area contributed by atoms with Gasteiger partial charge in [0.2, 0.25) is 0 Å². The summed E-state index contributed by atoms with van der Waals surface area (Å²) in [6, 6.07) is 22.8. The summed E-state index contributed by atoms with van der Waals surface area (Å²) in [5.41, 5.74) is 4.57. The van der Waals surface area contributed by atoms with Gasteiger partial charge in [-0.3, -0.25) is 0 Å². The number of benzene rings is 2. The van der Waals surface area contributed by atoms with E-state index in [1.165, 1.54) is 11.1 Å². The summed E-state index contributed by atoms with van der Waals surface area (Å²) in [6.45, 7) is 2.08. The topological polar surface area (TPSA) is 25.8 Å². The fraction of sp³-hybridized carbons (Fsp3) is 0.111. The zero-order chi connectivity index (χ0) is 14.5. The van der Waals surface area contributed by atoms with Gasteiger partial charge in [0.05, 0.1) is 5.69 Å². The standard InChI is InChI=1S/C18H16N2S/c1-14-7-9-16(10-8-14)17-11-12-18(20-19-17)21-13-15-5-3-2-4-6-15/h2-12H,13H2,1H3. The minimum atomic E-state index is 0.916. The van der Waals surface area contributed by atoms with Gasteiger partial charge >= 0.3 is 0 Å². The molecule has 2 nitrogen and oxygen atoms in total. The molecule has 0 unspecified atom stereocenters. The minimum absolute atomic E-state index is 0.916. The first kappa shape index (κ1) is 13.8.